The maximum absolute atomic E-state index is 11.7. The SMILES string of the molecule is CCCCCCC(=O)NC1CCCCCC1O. The van der Waals surface area contributed by atoms with Crippen LogP contribution in [0, 0.1) is 0 Å². The van der Waals surface area contributed by atoms with E-state index in [9.17, 15) is 9.90 Å². The Morgan fingerprint density at radius 3 is 2.71 bits per heavy atom. The number of hydrogen-bond donors (Lipinski definition) is 2. The minimum atomic E-state index is -0.336. The average molecular weight is 241 g/mol. The molecule has 0 aromatic carbocycles. The molecule has 1 aliphatic carbocycles. The van der Waals surface area contributed by atoms with Crippen molar-refractivity contribution in [3.05, 3.63) is 0 Å². The number of nitrogens with one attached hydrogen (secondary N) is 1. The first kappa shape index (κ1) is 14.5. The molecule has 100 valence electrons. The summed E-state index contributed by atoms with van der Waals surface area (Å²) in [5.41, 5.74) is 0. The molecule has 0 bridgehead atoms. The van der Waals surface area contributed by atoms with E-state index in [-0.39, 0.29) is 18.1 Å². The number of unbranched alkanes of at least 4 members (excludes halogenated alkanes) is 3. The van der Waals surface area contributed by atoms with Gasteiger partial charge in [-0.15, -0.1) is 0 Å². The fourth-order valence-electron chi connectivity index (χ4n) is 2.45. The van der Waals surface area contributed by atoms with Gasteiger partial charge in [0.1, 0.15) is 0 Å². The van der Waals surface area contributed by atoms with Gasteiger partial charge in [-0.25, -0.2) is 0 Å². The van der Waals surface area contributed by atoms with E-state index in [1.807, 2.05) is 0 Å². The predicted molar refractivity (Wildman–Crippen MR) is 69.8 cm³/mol. The van der Waals surface area contributed by atoms with E-state index >= 15 is 0 Å². The fraction of sp³-hybridized carbons (Fsp3) is 0.929. The lowest BCUT2D eigenvalue weighted by Gasteiger charge is -2.21. The summed E-state index contributed by atoms with van der Waals surface area (Å²) in [5.74, 6) is 0.118. The van der Waals surface area contributed by atoms with Gasteiger partial charge >= 0.3 is 0 Å². The second-order valence-corrected chi connectivity index (χ2v) is 5.19. The van der Waals surface area contributed by atoms with Crippen LogP contribution in [0.5, 0.6) is 0 Å². The summed E-state index contributed by atoms with van der Waals surface area (Å²) in [4.78, 5) is 11.7. The lowest BCUT2D eigenvalue weighted by atomic mass is 10.1. The zero-order valence-electron chi connectivity index (χ0n) is 11.1. The summed E-state index contributed by atoms with van der Waals surface area (Å²) < 4.78 is 0. The Kier molecular flexibility index (Phi) is 7.25. The molecule has 2 unspecified atom stereocenters. The molecule has 1 amide bonds. The second kappa shape index (κ2) is 8.51. The van der Waals surface area contributed by atoms with E-state index in [2.05, 4.69) is 12.2 Å². The summed E-state index contributed by atoms with van der Waals surface area (Å²) >= 11 is 0. The van der Waals surface area contributed by atoms with Crippen molar-refractivity contribution < 1.29 is 9.90 Å². The monoisotopic (exact) mass is 241 g/mol. The van der Waals surface area contributed by atoms with Gasteiger partial charge in [-0.2, -0.15) is 0 Å². The highest BCUT2D eigenvalue weighted by Gasteiger charge is 2.22. The maximum Gasteiger partial charge on any atom is 0.220 e. The molecule has 1 rings (SSSR count). The molecule has 0 aliphatic heterocycles. The summed E-state index contributed by atoms with van der Waals surface area (Å²) in [6, 6.07) is -0.00354. The van der Waals surface area contributed by atoms with Crippen molar-refractivity contribution in [3.63, 3.8) is 0 Å². The minimum absolute atomic E-state index is 0.00354. The molecule has 17 heavy (non-hydrogen) atoms. The largest absolute Gasteiger partial charge is 0.391 e. The first-order valence-corrected chi connectivity index (χ1v) is 7.21. The Hall–Kier alpha value is -0.570. The molecule has 2 atom stereocenters. The Labute approximate surface area is 105 Å². The van der Waals surface area contributed by atoms with Gasteiger partial charge < -0.3 is 10.4 Å². The van der Waals surface area contributed by atoms with Gasteiger partial charge in [-0.05, 0) is 19.3 Å². The van der Waals surface area contributed by atoms with Gasteiger partial charge in [0.2, 0.25) is 5.91 Å². The smallest absolute Gasteiger partial charge is 0.220 e. The van der Waals surface area contributed by atoms with E-state index < -0.39 is 0 Å². The molecule has 0 saturated heterocycles. The summed E-state index contributed by atoms with van der Waals surface area (Å²) in [6.45, 7) is 2.17. The minimum Gasteiger partial charge on any atom is -0.391 e. The third-order valence-corrected chi connectivity index (χ3v) is 3.58. The molecule has 0 radical (unpaired) electrons. The van der Waals surface area contributed by atoms with E-state index in [1.165, 1.54) is 19.3 Å². The van der Waals surface area contributed by atoms with Crippen molar-refractivity contribution in [1.29, 1.82) is 0 Å². The molecule has 3 nitrogen and oxygen atoms in total. The first-order valence-electron chi connectivity index (χ1n) is 7.21. The molecular formula is C14H27NO2. The topological polar surface area (TPSA) is 49.3 Å². The molecule has 1 aliphatic rings. The van der Waals surface area contributed by atoms with Crippen LogP contribution in [0.25, 0.3) is 0 Å². The quantitative estimate of drug-likeness (QED) is 0.555. The van der Waals surface area contributed by atoms with Crippen LogP contribution >= 0.6 is 0 Å². The van der Waals surface area contributed by atoms with Gasteiger partial charge in [0.25, 0.3) is 0 Å². The van der Waals surface area contributed by atoms with Gasteiger partial charge in [0.05, 0.1) is 12.1 Å². The number of aliphatic hydroxyl groups is 1. The Balaban J connectivity index is 2.19. The fourth-order valence-corrected chi connectivity index (χ4v) is 2.45. The summed E-state index contributed by atoms with van der Waals surface area (Å²) in [7, 11) is 0. The second-order valence-electron chi connectivity index (χ2n) is 5.19. The standard InChI is InChI=1S/C14H27NO2/c1-2-3-4-8-11-14(17)15-12-9-6-5-7-10-13(12)16/h12-13,16H,2-11H2,1H3,(H,15,17). The number of carbonyl (C=O) groups excluding carboxylic acids is 1. The molecule has 1 saturated carbocycles. The molecule has 0 aromatic rings. The summed E-state index contributed by atoms with van der Waals surface area (Å²) in [6.07, 6.45) is 9.95. The van der Waals surface area contributed by atoms with Crippen molar-refractivity contribution in [2.75, 3.05) is 0 Å². The van der Waals surface area contributed by atoms with E-state index in [0.29, 0.717) is 6.42 Å². The Bertz CT molecular complexity index is 218. The van der Waals surface area contributed by atoms with E-state index in [4.69, 9.17) is 0 Å². The predicted octanol–water partition coefficient (Wildman–Crippen LogP) is 2.77. The number of hydrogen-bond acceptors (Lipinski definition) is 2. The Morgan fingerprint density at radius 2 is 1.94 bits per heavy atom. The van der Waals surface area contributed by atoms with Crippen molar-refractivity contribution in [3.8, 4) is 0 Å². The van der Waals surface area contributed by atoms with Crippen LogP contribution in [0.4, 0.5) is 0 Å². The molecule has 0 heterocycles. The lowest BCUT2D eigenvalue weighted by molar-refractivity contribution is -0.122. The van der Waals surface area contributed by atoms with Gasteiger partial charge in [-0.3, -0.25) is 4.79 Å². The third kappa shape index (κ3) is 6.06. The van der Waals surface area contributed by atoms with Crippen LogP contribution in [0.3, 0.4) is 0 Å². The van der Waals surface area contributed by atoms with Crippen molar-refractivity contribution in [2.45, 2.75) is 83.3 Å². The van der Waals surface area contributed by atoms with Crippen LogP contribution in [0.2, 0.25) is 0 Å². The highest BCUT2D eigenvalue weighted by molar-refractivity contribution is 5.76. The van der Waals surface area contributed by atoms with Gasteiger partial charge in [0, 0.05) is 6.42 Å². The molecule has 3 heteroatoms. The molecule has 1 fully saturated rings. The lowest BCUT2D eigenvalue weighted by Crippen LogP contribution is -2.42. The molecule has 0 aromatic heterocycles. The van der Waals surface area contributed by atoms with Crippen molar-refractivity contribution >= 4 is 5.91 Å². The maximum atomic E-state index is 11.7. The zero-order valence-corrected chi connectivity index (χ0v) is 11.1. The van der Waals surface area contributed by atoms with E-state index in [0.717, 1.165) is 38.5 Å². The van der Waals surface area contributed by atoms with Crippen LogP contribution in [-0.2, 0) is 4.79 Å². The number of rotatable bonds is 6. The summed E-state index contributed by atoms with van der Waals surface area (Å²) in [5, 5.41) is 12.9. The van der Waals surface area contributed by atoms with Crippen LogP contribution in [-0.4, -0.2) is 23.2 Å². The molecule has 0 spiro atoms. The van der Waals surface area contributed by atoms with Gasteiger partial charge in [0.15, 0.2) is 0 Å². The Morgan fingerprint density at radius 1 is 1.18 bits per heavy atom. The molecule has 2 N–H and O–H groups in total. The average Bonchev–Trinajstić information content (AvgIpc) is 2.51. The van der Waals surface area contributed by atoms with Crippen LogP contribution in [0.15, 0.2) is 0 Å². The van der Waals surface area contributed by atoms with Crippen LogP contribution < -0.4 is 5.32 Å². The highest BCUT2D eigenvalue weighted by Crippen LogP contribution is 2.18. The third-order valence-electron chi connectivity index (χ3n) is 3.58. The van der Waals surface area contributed by atoms with E-state index in [1.54, 1.807) is 0 Å². The normalized spacial score (nSPS) is 25.3. The highest BCUT2D eigenvalue weighted by atomic mass is 16.3. The van der Waals surface area contributed by atoms with Gasteiger partial charge in [-0.1, -0.05) is 45.4 Å². The first-order chi connectivity index (χ1) is 8.24. The van der Waals surface area contributed by atoms with Crippen molar-refractivity contribution in [1.82, 2.24) is 5.32 Å². The number of amides is 1. The zero-order chi connectivity index (χ0) is 12.5. The van der Waals surface area contributed by atoms with Crippen LogP contribution in [0.1, 0.15) is 71.1 Å². The number of carbonyl (C=O) groups is 1. The molecular weight excluding hydrogens is 214 g/mol. The number of aliphatic hydroxyl groups excluding tert-OH is 1. The van der Waals surface area contributed by atoms with Crippen molar-refractivity contribution in [2.24, 2.45) is 0 Å².